The van der Waals surface area contributed by atoms with Gasteiger partial charge in [-0.3, -0.25) is 9.59 Å². The molecule has 0 atom stereocenters. The van der Waals surface area contributed by atoms with Crippen LogP contribution in [0, 0.1) is 0 Å². The highest BCUT2D eigenvalue weighted by Gasteiger charge is 2.14. The van der Waals surface area contributed by atoms with E-state index >= 15 is 0 Å². The molecule has 3 N–H and O–H groups in total. The van der Waals surface area contributed by atoms with Gasteiger partial charge in [-0.15, -0.1) is 0 Å². The van der Waals surface area contributed by atoms with Gasteiger partial charge in [-0.2, -0.15) is 0 Å². The summed E-state index contributed by atoms with van der Waals surface area (Å²) >= 11 is 0. The Morgan fingerprint density at radius 1 is 0.824 bits per heavy atom. The Labute approximate surface area is 196 Å². The molecule has 0 aliphatic heterocycles. The molecule has 0 aliphatic carbocycles. The van der Waals surface area contributed by atoms with Crippen LogP contribution in [-0.4, -0.2) is 17.8 Å². The van der Waals surface area contributed by atoms with Crippen molar-refractivity contribution in [3.05, 3.63) is 119 Å². The fourth-order valence-electron chi connectivity index (χ4n) is 3.44. The molecule has 0 saturated carbocycles. The monoisotopic (exact) mass is 450 g/mol. The average molecular weight is 450 g/mol. The number of nitrogens with two attached hydrogens (primary N) is 1. The van der Waals surface area contributed by atoms with Gasteiger partial charge in [0, 0.05) is 11.6 Å². The van der Waals surface area contributed by atoms with Gasteiger partial charge in [-0.25, -0.2) is 4.79 Å². The number of hydrogen-bond acceptors (Lipinski definition) is 4. The number of hydrogen-bond donors (Lipinski definition) is 2. The summed E-state index contributed by atoms with van der Waals surface area (Å²) in [5.74, 6) is -1.38. The van der Waals surface area contributed by atoms with Gasteiger partial charge in [0.15, 0.2) is 0 Å². The second-order valence-corrected chi connectivity index (χ2v) is 7.62. The summed E-state index contributed by atoms with van der Waals surface area (Å²) in [4.78, 5) is 36.4. The zero-order valence-electron chi connectivity index (χ0n) is 18.2. The number of primary amides is 1. The van der Waals surface area contributed by atoms with Crippen molar-refractivity contribution in [2.24, 2.45) is 5.73 Å². The van der Waals surface area contributed by atoms with E-state index < -0.39 is 11.9 Å². The van der Waals surface area contributed by atoms with E-state index in [9.17, 15) is 14.4 Å². The molecule has 0 saturated heterocycles. The predicted octanol–water partition coefficient (Wildman–Crippen LogP) is 4.95. The van der Waals surface area contributed by atoms with Crippen LogP contribution in [0.2, 0.25) is 0 Å². The van der Waals surface area contributed by atoms with Gasteiger partial charge >= 0.3 is 5.97 Å². The summed E-state index contributed by atoms with van der Waals surface area (Å²) in [6, 6.07) is 26.9. The maximum Gasteiger partial charge on any atom is 0.340 e. The molecular weight excluding hydrogens is 428 g/mol. The summed E-state index contributed by atoms with van der Waals surface area (Å²) in [7, 11) is 0. The van der Waals surface area contributed by atoms with Gasteiger partial charge in [0.2, 0.25) is 11.8 Å². The number of fused-ring (bicyclic) bond motifs is 1. The lowest BCUT2D eigenvalue weighted by atomic mass is 10.0. The minimum atomic E-state index is -0.520. The topological polar surface area (TPSA) is 98.5 Å². The van der Waals surface area contributed by atoms with E-state index in [1.807, 2.05) is 54.6 Å². The highest BCUT2D eigenvalue weighted by Crippen LogP contribution is 2.20. The molecule has 6 nitrogen and oxygen atoms in total. The van der Waals surface area contributed by atoms with Gasteiger partial charge in [0.05, 0.1) is 11.3 Å². The van der Waals surface area contributed by atoms with Crippen molar-refractivity contribution in [2.45, 2.75) is 6.61 Å². The Morgan fingerprint density at radius 3 is 2.32 bits per heavy atom. The van der Waals surface area contributed by atoms with E-state index in [1.165, 1.54) is 6.08 Å². The summed E-state index contributed by atoms with van der Waals surface area (Å²) in [5.41, 5.74) is 8.10. The molecule has 0 aliphatic rings. The lowest BCUT2D eigenvalue weighted by Gasteiger charge is -2.10. The van der Waals surface area contributed by atoms with Crippen LogP contribution in [0.15, 0.2) is 97.1 Å². The summed E-state index contributed by atoms with van der Waals surface area (Å²) in [6.07, 6.45) is 3.07. The largest absolute Gasteiger partial charge is 0.457 e. The molecule has 34 heavy (non-hydrogen) atoms. The van der Waals surface area contributed by atoms with Crippen molar-refractivity contribution in [3.8, 4) is 0 Å². The second-order valence-electron chi connectivity index (χ2n) is 7.62. The maximum atomic E-state index is 12.6. The third-order valence-corrected chi connectivity index (χ3v) is 5.19. The molecular formula is C28H22N2O4. The molecule has 4 aromatic rings. The molecule has 0 spiro atoms. The second kappa shape index (κ2) is 10.3. The van der Waals surface area contributed by atoms with Crippen LogP contribution < -0.4 is 11.1 Å². The number of ether oxygens (including phenoxy) is 1. The molecule has 0 unspecified atom stereocenters. The minimum Gasteiger partial charge on any atom is -0.457 e. The highest BCUT2D eigenvalue weighted by molar-refractivity contribution is 6.06. The number of amides is 2. The van der Waals surface area contributed by atoms with Crippen LogP contribution >= 0.6 is 0 Å². The molecule has 4 aromatic carbocycles. The molecule has 0 fully saturated rings. The smallest absolute Gasteiger partial charge is 0.340 e. The molecule has 0 heterocycles. The Bertz CT molecular complexity index is 1390. The fourth-order valence-corrected chi connectivity index (χ4v) is 3.44. The van der Waals surface area contributed by atoms with Crippen LogP contribution in [0.1, 0.15) is 31.8 Å². The number of benzene rings is 4. The van der Waals surface area contributed by atoms with Gasteiger partial charge in [0.1, 0.15) is 6.61 Å². The van der Waals surface area contributed by atoms with Crippen LogP contribution in [0.25, 0.3) is 16.8 Å². The molecule has 0 bridgehead atoms. The number of nitrogens with one attached hydrogen (secondary N) is 1. The van der Waals surface area contributed by atoms with E-state index in [2.05, 4.69) is 5.32 Å². The van der Waals surface area contributed by atoms with E-state index in [-0.39, 0.29) is 18.1 Å². The van der Waals surface area contributed by atoms with Crippen molar-refractivity contribution >= 4 is 40.3 Å². The number of rotatable bonds is 7. The Hall–Kier alpha value is -4.71. The SMILES string of the molecule is NC(=O)c1ccc2cc(C=CC(=O)Nc3ccccc3C(=O)OCc3ccccc3)ccc2c1. The lowest BCUT2D eigenvalue weighted by molar-refractivity contribution is -0.111. The number of esters is 1. The molecule has 168 valence electrons. The standard InChI is InChI=1S/C28H22N2O4/c29-27(32)23-14-13-21-16-19(10-12-22(21)17-23)11-15-26(31)30-25-9-5-4-8-24(25)28(33)34-18-20-6-2-1-3-7-20/h1-17H,18H2,(H2,29,32)(H,30,31). The maximum absolute atomic E-state index is 12.6. The number of para-hydroxylation sites is 1. The zero-order chi connectivity index (χ0) is 23.9. The minimum absolute atomic E-state index is 0.144. The number of carbonyl (C=O) groups excluding carboxylic acids is 3. The normalized spacial score (nSPS) is 10.8. The van der Waals surface area contributed by atoms with Gasteiger partial charge in [-0.05, 0) is 58.3 Å². The first kappa shape index (κ1) is 22.5. The van der Waals surface area contributed by atoms with Crippen molar-refractivity contribution in [1.29, 1.82) is 0 Å². The third-order valence-electron chi connectivity index (χ3n) is 5.19. The predicted molar refractivity (Wildman–Crippen MR) is 132 cm³/mol. The highest BCUT2D eigenvalue weighted by atomic mass is 16.5. The molecule has 2 amide bonds. The van der Waals surface area contributed by atoms with Gasteiger partial charge in [0.25, 0.3) is 0 Å². The average Bonchev–Trinajstić information content (AvgIpc) is 2.86. The molecule has 6 heteroatoms. The summed E-state index contributed by atoms with van der Waals surface area (Å²) < 4.78 is 5.39. The third kappa shape index (κ3) is 5.55. The number of carbonyl (C=O) groups is 3. The fraction of sp³-hybridized carbons (Fsp3) is 0.0357. The molecule has 0 radical (unpaired) electrons. The zero-order valence-corrected chi connectivity index (χ0v) is 18.2. The Morgan fingerprint density at radius 2 is 1.53 bits per heavy atom. The van der Waals surface area contributed by atoms with Crippen molar-refractivity contribution in [2.75, 3.05) is 5.32 Å². The van der Waals surface area contributed by atoms with Gasteiger partial charge in [-0.1, -0.05) is 60.7 Å². The van der Waals surface area contributed by atoms with Crippen LogP contribution in [0.3, 0.4) is 0 Å². The van der Waals surface area contributed by atoms with Crippen LogP contribution in [0.5, 0.6) is 0 Å². The van der Waals surface area contributed by atoms with E-state index in [4.69, 9.17) is 10.5 Å². The molecule has 0 aromatic heterocycles. The summed E-state index contributed by atoms with van der Waals surface area (Å²) in [6.45, 7) is 0.144. The quantitative estimate of drug-likeness (QED) is 0.307. The Balaban J connectivity index is 1.43. The van der Waals surface area contributed by atoms with Crippen LogP contribution in [0.4, 0.5) is 5.69 Å². The van der Waals surface area contributed by atoms with Crippen molar-refractivity contribution in [1.82, 2.24) is 0 Å². The van der Waals surface area contributed by atoms with Crippen molar-refractivity contribution < 1.29 is 19.1 Å². The summed E-state index contributed by atoms with van der Waals surface area (Å²) in [5, 5.41) is 4.53. The van der Waals surface area contributed by atoms with Crippen molar-refractivity contribution in [3.63, 3.8) is 0 Å². The van der Waals surface area contributed by atoms with Crippen LogP contribution in [-0.2, 0) is 16.1 Å². The first-order chi connectivity index (χ1) is 16.5. The van der Waals surface area contributed by atoms with E-state index in [1.54, 1.807) is 42.5 Å². The Kier molecular flexibility index (Phi) is 6.79. The van der Waals surface area contributed by atoms with Gasteiger partial charge < -0.3 is 15.8 Å². The first-order valence-electron chi connectivity index (χ1n) is 10.6. The van der Waals surface area contributed by atoms with E-state index in [0.717, 1.165) is 21.9 Å². The number of anilines is 1. The first-order valence-corrected chi connectivity index (χ1v) is 10.6. The van der Waals surface area contributed by atoms with E-state index in [0.29, 0.717) is 11.3 Å². The molecule has 4 rings (SSSR count). The lowest BCUT2D eigenvalue weighted by Crippen LogP contribution is -2.13.